The number of hydrogen-bond acceptors (Lipinski definition) is 9. The fourth-order valence-electron chi connectivity index (χ4n) is 5.62. The number of nitrogens with zero attached hydrogens (tertiary/aromatic N) is 2. The number of phenols is 1. The SMILES string of the molecule is CNC(=O)C1=C(O)[C@@]2(O)C(=O)C3=C(O)c4c(O)ccc(N(C)F)c4C[C@H]3C[C@H]2[C@H](N(C)C)C1=O. The number of aromatic hydroxyl groups is 1. The monoisotopic (exact) mass is 475 g/mol. The zero-order valence-corrected chi connectivity index (χ0v) is 19.1. The predicted molar refractivity (Wildman–Crippen MR) is 119 cm³/mol. The van der Waals surface area contributed by atoms with Gasteiger partial charge < -0.3 is 25.7 Å². The van der Waals surface area contributed by atoms with Crippen molar-refractivity contribution in [1.29, 1.82) is 0 Å². The fourth-order valence-corrected chi connectivity index (χ4v) is 5.62. The van der Waals surface area contributed by atoms with Crippen LogP contribution in [0, 0.1) is 11.8 Å². The molecule has 10 nitrogen and oxygen atoms in total. The highest BCUT2D eigenvalue weighted by molar-refractivity contribution is 6.24. The zero-order valence-electron chi connectivity index (χ0n) is 19.1. The van der Waals surface area contributed by atoms with Gasteiger partial charge in [0.2, 0.25) is 5.78 Å². The molecule has 1 saturated carbocycles. The summed E-state index contributed by atoms with van der Waals surface area (Å²) in [5.74, 6) is -6.78. The summed E-state index contributed by atoms with van der Waals surface area (Å²) in [6.07, 6.45) is -0.00199. The van der Waals surface area contributed by atoms with Crippen LogP contribution in [0.1, 0.15) is 17.5 Å². The number of halogens is 1. The number of carbonyl (C=O) groups excluding carboxylic acids is 3. The lowest BCUT2D eigenvalue weighted by Crippen LogP contribution is -2.65. The lowest BCUT2D eigenvalue weighted by molar-refractivity contribution is -0.153. The maximum atomic E-state index is 14.2. The van der Waals surface area contributed by atoms with Gasteiger partial charge in [-0.1, -0.05) is 0 Å². The van der Waals surface area contributed by atoms with Crippen molar-refractivity contribution < 1.29 is 39.3 Å². The number of nitrogens with one attached hydrogen (secondary N) is 1. The fraction of sp³-hybridized carbons (Fsp3) is 0.435. The third kappa shape index (κ3) is 2.96. The van der Waals surface area contributed by atoms with Crippen LogP contribution in [0.25, 0.3) is 5.76 Å². The first-order valence-corrected chi connectivity index (χ1v) is 10.7. The van der Waals surface area contributed by atoms with Crippen LogP contribution < -0.4 is 10.4 Å². The number of aliphatic hydroxyl groups is 3. The molecule has 0 bridgehead atoms. The van der Waals surface area contributed by atoms with E-state index < -0.39 is 58.0 Å². The minimum Gasteiger partial charge on any atom is -0.508 e. The molecule has 4 atom stereocenters. The van der Waals surface area contributed by atoms with E-state index in [1.165, 1.54) is 24.1 Å². The number of ketones is 2. The first-order chi connectivity index (χ1) is 15.9. The van der Waals surface area contributed by atoms with E-state index in [4.69, 9.17) is 0 Å². The van der Waals surface area contributed by atoms with Crippen molar-refractivity contribution in [1.82, 2.24) is 10.2 Å². The van der Waals surface area contributed by atoms with Crippen LogP contribution in [-0.4, -0.2) is 82.6 Å². The Labute approximate surface area is 194 Å². The van der Waals surface area contributed by atoms with Crippen LogP contribution in [0.4, 0.5) is 10.2 Å². The molecule has 4 rings (SSSR count). The Morgan fingerprint density at radius 1 is 1.18 bits per heavy atom. The van der Waals surface area contributed by atoms with E-state index in [1.807, 2.05) is 0 Å². The summed E-state index contributed by atoms with van der Waals surface area (Å²) in [6, 6.07) is 1.38. The highest BCUT2D eigenvalue weighted by Gasteiger charge is 2.64. The molecule has 3 aliphatic carbocycles. The van der Waals surface area contributed by atoms with Crippen molar-refractivity contribution in [3.05, 3.63) is 40.2 Å². The number of rotatable bonds is 3. The second kappa shape index (κ2) is 7.81. The van der Waals surface area contributed by atoms with E-state index in [1.54, 1.807) is 14.1 Å². The predicted octanol–water partition coefficient (Wildman–Crippen LogP) is 0.545. The molecule has 0 aromatic heterocycles. The van der Waals surface area contributed by atoms with Gasteiger partial charge in [-0.05, 0) is 50.6 Å². The van der Waals surface area contributed by atoms with E-state index in [9.17, 15) is 39.3 Å². The quantitative estimate of drug-likeness (QED) is 0.312. The molecule has 1 fully saturated rings. The van der Waals surface area contributed by atoms with Crippen molar-refractivity contribution in [3.8, 4) is 5.75 Å². The number of fused-ring (bicyclic) bond motifs is 3. The maximum Gasteiger partial charge on any atom is 0.258 e. The van der Waals surface area contributed by atoms with Crippen molar-refractivity contribution in [2.45, 2.75) is 24.5 Å². The topological polar surface area (TPSA) is 151 Å². The number of hydrogen-bond donors (Lipinski definition) is 5. The number of carbonyl (C=O) groups is 3. The van der Waals surface area contributed by atoms with Crippen molar-refractivity contribution in [3.63, 3.8) is 0 Å². The first-order valence-electron chi connectivity index (χ1n) is 10.7. The van der Waals surface area contributed by atoms with Crippen LogP contribution in [-0.2, 0) is 20.8 Å². The number of amides is 1. The van der Waals surface area contributed by atoms with Crippen molar-refractivity contribution in [2.24, 2.45) is 11.8 Å². The summed E-state index contributed by atoms with van der Waals surface area (Å²) >= 11 is 0. The minimum atomic E-state index is -2.66. The summed E-state index contributed by atoms with van der Waals surface area (Å²) in [5.41, 5.74) is -3.44. The molecule has 3 aliphatic rings. The number of phenolic OH excluding ortho intramolecular Hbond substituents is 1. The molecule has 0 saturated heterocycles. The summed E-state index contributed by atoms with van der Waals surface area (Å²) in [6.45, 7) is 0. The molecular weight excluding hydrogens is 449 g/mol. The zero-order chi connectivity index (χ0) is 25.3. The smallest absolute Gasteiger partial charge is 0.258 e. The van der Waals surface area contributed by atoms with Gasteiger partial charge in [-0.15, -0.1) is 4.48 Å². The lowest BCUT2D eigenvalue weighted by Gasteiger charge is -2.50. The van der Waals surface area contributed by atoms with Gasteiger partial charge in [0.15, 0.2) is 11.4 Å². The minimum absolute atomic E-state index is 0.0339. The molecule has 0 heterocycles. The van der Waals surface area contributed by atoms with Crippen LogP contribution in [0.15, 0.2) is 29.0 Å². The lowest BCUT2D eigenvalue weighted by atomic mass is 9.57. The van der Waals surface area contributed by atoms with Crippen molar-refractivity contribution >= 4 is 28.9 Å². The van der Waals surface area contributed by atoms with Crippen LogP contribution in [0.3, 0.4) is 0 Å². The van der Waals surface area contributed by atoms with Gasteiger partial charge in [-0.25, -0.2) is 5.12 Å². The average molecular weight is 475 g/mol. The van der Waals surface area contributed by atoms with Gasteiger partial charge in [0.05, 0.1) is 17.3 Å². The largest absolute Gasteiger partial charge is 0.508 e. The van der Waals surface area contributed by atoms with E-state index in [-0.39, 0.29) is 41.0 Å². The molecule has 0 aliphatic heterocycles. The third-order valence-corrected chi connectivity index (χ3v) is 7.12. The molecule has 11 heteroatoms. The normalized spacial score (nSPS) is 28.5. The molecular formula is C23H26FN3O7. The number of benzene rings is 1. The highest BCUT2D eigenvalue weighted by Crippen LogP contribution is 2.53. The van der Waals surface area contributed by atoms with Gasteiger partial charge in [-0.2, -0.15) is 0 Å². The van der Waals surface area contributed by atoms with Gasteiger partial charge in [0, 0.05) is 25.6 Å². The van der Waals surface area contributed by atoms with Crippen molar-refractivity contribution in [2.75, 3.05) is 33.3 Å². The Bertz CT molecular complexity index is 1190. The summed E-state index contributed by atoms with van der Waals surface area (Å²) < 4.78 is 14.2. The van der Waals surface area contributed by atoms with E-state index in [2.05, 4.69) is 5.32 Å². The molecule has 5 N–H and O–H groups in total. The van der Waals surface area contributed by atoms with Gasteiger partial charge >= 0.3 is 0 Å². The number of likely N-dealkylation sites (N-methyl/N-ethyl adjacent to an activating group) is 2. The number of aliphatic hydroxyl groups excluding tert-OH is 2. The number of anilines is 1. The van der Waals surface area contributed by atoms with Crippen LogP contribution in [0.2, 0.25) is 0 Å². The Morgan fingerprint density at radius 2 is 1.82 bits per heavy atom. The molecule has 1 aromatic rings. The van der Waals surface area contributed by atoms with Gasteiger partial charge in [-0.3, -0.25) is 19.3 Å². The Balaban J connectivity index is 1.99. The number of Topliss-reactive ketones (excluding diaryl/α,β-unsaturated/α-hetero) is 2. The maximum absolute atomic E-state index is 14.2. The third-order valence-electron chi connectivity index (χ3n) is 7.12. The molecule has 0 radical (unpaired) electrons. The highest BCUT2D eigenvalue weighted by atomic mass is 19.2. The Kier molecular flexibility index (Phi) is 5.45. The molecule has 182 valence electrons. The summed E-state index contributed by atoms with van der Waals surface area (Å²) in [7, 11) is 5.48. The molecule has 1 amide bonds. The molecule has 1 aromatic carbocycles. The molecule has 0 spiro atoms. The second-order valence-electron chi connectivity index (χ2n) is 9.11. The van der Waals surface area contributed by atoms with Crippen LogP contribution >= 0.6 is 0 Å². The van der Waals surface area contributed by atoms with Gasteiger partial charge in [0.25, 0.3) is 5.91 Å². The van der Waals surface area contributed by atoms with E-state index in [0.717, 1.165) is 7.05 Å². The average Bonchev–Trinajstić information content (AvgIpc) is 2.75. The van der Waals surface area contributed by atoms with E-state index >= 15 is 0 Å². The second-order valence-corrected chi connectivity index (χ2v) is 9.11. The summed E-state index contributed by atoms with van der Waals surface area (Å²) in [4.78, 5) is 40.8. The van der Waals surface area contributed by atoms with Gasteiger partial charge in [0.1, 0.15) is 22.8 Å². The Morgan fingerprint density at radius 3 is 2.38 bits per heavy atom. The molecule has 0 unspecified atom stereocenters. The molecule has 34 heavy (non-hydrogen) atoms. The van der Waals surface area contributed by atoms with Crippen LogP contribution in [0.5, 0.6) is 5.75 Å². The first kappa shape index (κ1) is 23.7. The Hall–Kier alpha value is -3.44. The summed E-state index contributed by atoms with van der Waals surface area (Å²) in [5, 5.41) is 46.5. The standard InChI is InChI=1S/C23H26FN3O7/c1-25-22(33)16-19(30)17(26(2)3)11-8-9-7-10-12(27(4)24)5-6-13(28)15(10)18(29)14(9)20(31)23(11,34)21(16)32/h5-6,9,11,17,28-29,32,34H,7-8H2,1-4H3,(H,25,33)/t9-,11-,17-,23-/m0/s1. The van der Waals surface area contributed by atoms with E-state index in [0.29, 0.717) is 5.12 Å².